The second-order valence-electron chi connectivity index (χ2n) is 6.29. The summed E-state index contributed by atoms with van der Waals surface area (Å²) in [7, 11) is 0. The summed E-state index contributed by atoms with van der Waals surface area (Å²) in [6.07, 6.45) is 0. The van der Waals surface area contributed by atoms with Gasteiger partial charge in [0.2, 0.25) is 5.89 Å². The van der Waals surface area contributed by atoms with Crippen LogP contribution in [0, 0.1) is 13.8 Å². The largest absolute Gasteiger partial charge is 0.436 e. The van der Waals surface area contributed by atoms with Gasteiger partial charge >= 0.3 is 0 Å². The summed E-state index contributed by atoms with van der Waals surface area (Å²) in [6, 6.07) is 21.0. The fraction of sp³-hybridized carbons (Fsp3) is 0.0909. The Hall–Kier alpha value is -3.40. The summed E-state index contributed by atoms with van der Waals surface area (Å²) in [5, 5.41) is 2.92. The van der Waals surface area contributed by atoms with Crippen molar-refractivity contribution in [1.82, 2.24) is 4.98 Å². The van der Waals surface area contributed by atoms with E-state index >= 15 is 0 Å². The van der Waals surface area contributed by atoms with Gasteiger partial charge in [-0.15, -0.1) is 0 Å². The molecule has 128 valence electrons. The lowest BCUT2D eigenvalue weighted by Gasteiger charge is -2.07. The Balaban J connectivity index is 1.65. The lowest BCUT2D eigenvalue weighted by atomic mass is 10.1. The van der Waals surface area contributed by atoms with Crippen molar-refractivity contribution in [1.29, 1.82) is 0 Å². The number of benzene rings is 3. The van der Waals surface area contributed by atoms with Gasteiger partial charge in [0.15, 0.2) is 5.58 Å². The SMILES string of the molecule is Cc1ccccc1C(=O)Nc1ccc2nc(-c3ccccc3C)oc2c1. The van der Waals surface area contributed by atoms with E-state index in [0.29, 0.717) is 22.7 Å². The number of amides is 1. The molecule has 0 radical (unpaired) electrons. The van der Waals surface area contributed by atoms with Gasteiger partial charge < -0.3 is 9.73 Å². The topological polar surface area (TPSA) is 55.1 Å². The molecule has 0 atom stereocenters. The molecule has 26 heavy (non-hydrogen) atoms. The van der Waals surface area contributed by atoms with E-state index in [2.05, 4.69) is 10.3 Å². The third-order valence-corrected chi connectivity index (χ3v) is 4.41. The molecule has 0 saturated heterocycles. The average molecular weight is 342 g/mol. The van der Waals surface area contributed by atoms with Crippen LogP contribution >= 0.6 is 0 Å². The zero-order chi connectivity index (χ0) is 18.1. The number of carbonyl (C=O) groups is 1. The zero-order valence-electron chi connectivity index (χ0n) is 14.6. The van der Waals surface area contributed by atoms with Crippen molar-refractivity contribution in [3.63, 3.8) is 0 Å². The number of hydrogen-bond donors (Lipinski definition) is 1. The second-order valence-corrected chi connectivity index (χ2v) is 6.29. The van der Waals surface area contributed by atoms with E-state index in [1.807, 2.05) is 74.5 Å². The monoisotopic (exact) mass is 342 g/mol. The maximum Gasteiger partial charge on any atom is 0.255 e. The maximum absolute atomic E-state index is 12.5. The molecule has 4 nitrogen and oxygen atoms in total. The van der Waals surface area contributed by atoms with Crippen LogP contribution in [0.4, 0.5) is 5.69 Å². The van der Waals surface area contributed by atoms with Crippen LogP contribution in [0.2, 0.25) is 0 Å². The Morgan fingerprint density at radius 2 is 1.65 bits per heavy atom. The van der Waals surface area contributed by atoms with Crippen LogP contribution in [0.15, 0.2) is 71.1 Å². The second kappa shape index (κ2) is 6.48. The summed E-state index contributed by atoms with van der Waals surface area (Å²) in [4.78, 5) is 17.0. The van der Waals surface area contributed by atoms with Crippen LogP contribution < -0.4 is 5.32 Å². The number of nitrogens with zero attached hydrogens (tertiary/aromatic N) is 1. The molecule has 0 aliphatic rings. The van der Waals surface area contributed by atoms with Crippen LogP contribution in [0.3, 0.4) is 0 Å². The molecule has 4 heteroatoms. The number of nitrogens with one attached hydrogen (secondary N) is 1. The molecule has 1 aromatic heterocycles. The Kier molecular flexibility index (Phi) is 4.01. The molecule has 0 unspecified atom stereocenters. The third-order valence-electron chi connectivity index (χ3n) is 4.41. The van der Waals surface area contributed by atoms with Crippen molar-refractivity contribution in [2.75, 3.05) is 5.32 Å². The fourth-order valence-corrected chi connectivity index (χ4v) is 2.96. The van der Waals surface area contributed by atoms with Crippen molar-refractivity contribution in [3.8, 4) is 11.5 Å². The molecule has 0 spiro atoms. The fourth-order valence-electron chi connectivity index (χ4n) is 2.96. The standard InChI is InChI=1S/C22H18N2O2/c1-14-7-3-5-9-17(14)21(25)23-16-11-12-19-20(13-16)26-22(24-19)18-10-6-4-8-15(18)2/h3-13H,1-2H3,(H,23,25). The summed E-state index contributed by atoms with van der Waals surface area (Å²) in [5.41, 5.74) is 5.75. The van der Waals surface area contributed by atoms with E-state index < -0.39 is 0 Å². The Morgan fingerprint density at radius 1 is 0.923 bits per heavy atom. The summed E-state index contributed by atoms with van der Waals surface area (Å²) in [5.74, 6) is 0.446. The first-order valence-corrected chi connectivity index (χ1v) is 8.45. The molecule has 0 fully saturated rings. The molecule has 0 saturated carbocycles. The highest BCUT2D eigenvalue weighted by Gasteiger charge is 2.12. The highest BCUT2D eigenvalue weighted by molar-refractivity contribution is 6.05. The van der Waals surface area contributed by atoms with Gasteiger partial charge in [-0.3, -0.25) is 4.79 Å². The molecule has 0 aliphatic carbocycles. The van der Waals surface area contributed by atoms with E-state index in [-0.39, 0.29) is 5.91 Å². The van der Waals surface area contributed by atoms with E-state index in [0.717, 1.165) is 22.2 Å². The first-order chi connectivity index (χ1) is 12.6. The lowest BCUT2D eigenvalue weighted by Crippen LogP contribution is -2.13. The first-order valence-electron chi connectivity index (χ1n) is 8.45. The number of rotatable bonds is 3. The number of oxazole rings is 1. The number of carbonyl (C=O) groups excluding carboxylic acids is 1. The molecule has 3 aromatic carbocycles. The van der Waals surface area contributed by atoms with Crippen molar-refractivity contribution < 1.29 is 9.21 Å². The number of aromatic nitrogens is 1. The van der Waals surface area contributed by atoms with Crippen LogP contribution in [0.25, 0.3) is 22.6 Å². The van der Waals surface area contributed by atoms with Crippen molar-refractivity contribution in [2.45, 2.75) is 13.8 Å². The minimum absolute atomic E-state index is 0.138. The molecule has 0 bridgehead atoms. The predicted molar refractivity (Wildman–Crippen MR) is 103 cm³/mol. The number of hydrogen-bond acceptors (Lipinski definition) is 3. The smallest absolute Gasteiger partial charge is 0.255 e. The van der Waals surface area contributed by atoms with Gasteiger partial charge in [-0.2, -0.15) is 0 Å². The predicted octanol–water partition coefficient (Wildman–Crippen LogP) is 5.36. The Morgan fingerprint density at radius 3 is 2.42 bits per heavy atom. The van der Waals surface area contributed by atoms with E-state index in [9.17, 15) is 4.79 Å². The van der Waals surface area contributed by atoms with E-state index in [1.165, 1.54) is 0 Å². The van der Waals surface area contributed by atoms with Gasteiger partial charge in [-0.05, 0) is 49.2 Å². The van der Waals surface area contributed by atoms with Crippen LogP contribution in [-0.2, 0) is 0 Å². The maximum atomic E-state index is 12.5. The summed E-state index contributed by atoms with van der Waals surface area (Å²) < 4.78 is 5.92. The molecule has 1 N–H and O–H groups in total. The molecule has 1 amide bonds. The lowest BCUT2D eigenvalue weighted by molar-refractivity contribution is 0.102. The van der Waals surface area contributed by atoms with Gasteiger partial charge in [-0.1, -0.05) is 36.4 Å². The van der Waals surface area contributed by atoms with Crippen molar-refractivity contribution in [3.05, 3.63) is 83.4 Å². The number of anilines is 1. The number of fused-ring (bicyclic) bond motifs is 1. The Labute approximate surface area is 151 Å². The highest BCUT2D eigenvalue weighted by atomic mass is 16.3. The van der Waals surface area contributed by atoms with Crippen LogP contribution in [-0.4, -0.2) is 10.9 Å². The first kappa shape index (κ1) is 16.1. The van der Waals surface area contributed by atoms with Crippen LogP contribution in [0.1, 0.15) is 21.5 Å². The molecular formula is C22H18N2O2. The van der Waals surface area contributed by atoms with Crippen molar-refractivity contribution >= 4 is 22.7 Å². The average Bonchev–Trinajstić information content (AvgIpc) is 3.05. The Bertz CT molecular complexity index is 1110. The highest BCUT2D eigenvalue weighted by Crippen LogP contribution is 2.28. The van der Waals surface area contributed by atoms with Crippen LogP contribution in [0.5, 0.6) is 0 Å². The van der Waals surface area contributed by atoms with E-state index in [1.54, 1.807) is 6.07 Å². The molecular weight excluding hydrogens is 324 g/mol. The molecule has 1 heterocycles. The molecule has 4 rings (SSSR count). The minimum atomic E-state index is -0.138. The van der Waals surface area contributed by atoms with Gasteiger partial charge in [-0.25, -0.2) is 4.98 Å². The number of aryl methyl sites for hydroxylation is 2. The quantitative estimate of drug-likeness (QED) is 0.545. The van der Waals surface area contributed by atoms with Crippen molar-refractivity contribution in [2.24, 2.45) is 0 Å². The normalized spacial score (nSPS) is 10.8. The summed E-state index contributed by atoms with van der Waals surface area (Å²) in [6.45, 7) is 3.95. The van der Waals surface area contributed by atoms with Gasteiger partial charge in [0, 0.05) is 22.9 Å². The zero-order valence-corrected chi connectivity index (χ0v) is 14.6. The minimum Gasteiger partial charge on any atom is -0.436 e. The molecule has 4 aromatic rings. The molecule has 0 aliphatic heterocycles. The van der Waals surface area contributed by atoms with Gasteiger partial charge in [0.1, 0.15) is 5.52 Å². The third kappa shape index (κ3) is 2.97. The summed E-state index contributed by atoms with van der Waals surface area (Å²) >= 11 is 0. The van der Waals surface area contributed by atoms with E-state index in [4.69, 9.17) is 4.42 Å². The van der Waals surface area contributed by atoms with Gasteiger partial charge in [0.25, 0.3) is 5.91 Å². The van der Waals surface area contributed by atoms with Gasteiger partial charge in [0.05, 0.1) is 0 Å².